The van der Waals surface area contributed by atoms with Crippen LogP contribution in [0.25, 0.3) is 0 Å². The number of nitrogens with zero attached hydrogens (tertiary/aromatic N) is 1. The maximum absolute atomic E-state index is 13.5. The minimum absolute atomic E-state index is 0.0547. The fourth-order valence-electron chi connectivity index (χ4n) is 9.02. The standard InChI is InChI=1S/C37H45NO6S/c1-5-6-9-33-36(2,3)31-23-25(11-16-32(31)38(33)20-7-8-21-45(41,42)43)35(40)44-26-12-14-27-24(22-26)10-13-29-28(27)18-19-37(4)30(29)15-17-34(37)39/h5-6,9,11-12,14,16,22-23,28-30,34,39H,1,7-8,10,13,15,17-21H2,2-4H3/p+1/b9-6+/t28?,29?,30?,34-,37-/m0/s1. The molecule has 0 amide bonds. The van der Waals surface area contributed by atoms with Gasteiger partial charge in [-0.05, 0) is 117 Å². The number of aliphatic hydroxyl groups excluding tert-OH is 1. The van der Waals surface area contributed by atoms with Gasteiger partial charge in [0.1, 0.15) is 12.3 Å². The number of rotatable bonds is 9. The number of esters is 1. The van der Waals surface area contributed by atoms with E-state index in [1.807, 2.05) is 30.4 Å². The molecule has 1 aliphatic heterocycles. The molecular formula is C37H46NO6S+. The number of hydrogen-bond donors (Lipinski definition) is 2. The molecule has 240 valence electrons. The number of carbonyl (C=O) groups excluding carboxylic acids is 1. The Balaban J connectivity index is 1.19. The summed E-state index contributed by atoms with van der Waals surface area (Å²) in [6, 6.07) is 11.8. The Morgan fingerprint density at radius 2 is 1.89 bits per heavy atom. The normalized spacial score (nSPS) is 28.4. The van der Waals surface area contributed by atoms with Crippen molar-refractivity contribution in [3.05, 3.63) is 83.5 Å². The lowest BCUT2D eigenvalue weighted by Gasteiger charge is -2.50. The van der Waals surface area contributed by atoms with Crippen LogP contribution in [0.2, 0.25) is 0 Å². The average Bonchev–Trinajstić information content (AvgIpc) is 3.41. The van der Waals surface area contributed by atoms with E-state index in [0.29, 0.717) is 48.5 Å². The lowest BCUT2D eigenvalue weighted by molar-refractivity contribution is -0.438. The summed E-state index contributed by atoms with van der Waals surface area (Å²) in [5.74, 6) is 1.60. The molecule has 0 bridgehead atoms. The van der Waals surface area contributed by atoms with Crippen molar-refractivity contribution >= 4 is 27.5 Å². The van der Waals surface area contributed by atoms with Crippen LogP contribution in [-0.2, 0) is 22.0 Å². The molecule has 0 aromatic heterocycles. The van der Waals surface area contributed by atoms with E-state index >= 15 is 0 Å². The van der Waals surface area contributed by atoms with Crippen molar-refractivity contribution in [2.75, 3.05) is 12.3 Å². The zero-order valence-corrected chi connectivity index (χ0v) is 27.5. The third-order valence-electron chi connectivity index (χ3n) is 11.4. The van der Waals surface area contributed by atoms with Crippen LogP contribution in [-0.4, -0.2) is 52.7 Å². The van der Waals surface area contributed by atoms with Crippen molar-refractivity contribution in [1.29, 1.82) is 0 Å². The van der Waals surface area contributed by atoms with Gasteiger partial charge in [-0.25, -0.2) is 4.79 Å². The molecule has 2 fully saturated rings. The molecule has 2 aromatic carbocycles. The van der Waals surface area contributed by atoms with Crippen LogP contribution in [0.3, 0.4) is 0 Å². The highest BCUT2D eigenvalue weighted by molar-refractivity contribution is 7.85. The molecule has 45 heavy (non-hydrogen) atoms. The van der Waals surface area contributed by atoms with Gasteiger partial charge >= 0.3 is 5.97 Å². The Bertz CT molecular complexity index is 1690. The SMILES string of the molecule is C=C/C=C/C1=[N+](CCCCS(=O)(=O)O)c2ccc(C(=O)Oc3ccc4c(c3)CCC3C4CC[C@@]4(C)C3CC[C@@H]4O)cc2C1(C)C. The predicted molar refractivity (Wildman–Crippen MR) is 176 cm³/mol. The van der Waals surface area contributed by atoms with Gasteiger partial charge in [-0.15, -0.1) is 0 Å². The van der Waals surface area contributed by atoms with Crippen molar-refractivity contribution < 1.29 is 32.2 Å². The molecule has 2 aromatic rings. The van der Waals surface area contributed by atoms with Crippen molar-refractivity contribution in [1.82, 2.24) is 0 Å². The van der Waals surface area contributed by atoms with Crippen LogP contribution >= 0.6 is 0 Å². The van der Waals surface area contributed by atoms with Crippen molar-refractivity contribution in [2.24, 2.45) is 17.3 Å². The minimum Gasteiger partial charge on any atom is -0.423 e. The van der Waals surface area contributed by atoms with Gasteiger partial charge in [0, 0.05) is 24.1 Å². The smallest absolute Gasteiger partial charge is 0.343 e. The monoisotopic (exact) mass is 632 g/mol. The van der Waals surface area contributed by atoms with E-state index in [2.05, 4.69) is 44.1 Å². The summed E-state index contributed by atoms with van der Waals surface area (Å²) < 4.78 is 39.7. The highest BCUT2D eigenvalue weighted by atomic mass is 32.2. The highest BCUT2D eigenvalue weighted by Gasteiger charge is 2.54. The summed E-state index contributed by atoms with van der Waals surface area (Å²) in [5, 5.41) is 10.7. The molecule has 1 heterocycles. The Morgan fingerprint density at radius 3 is 2.64 bits per heavy atom. The molecule has 2 N–H and O–H groups in total. The van der Waals surface area contributed by atoms with Gasteiger partial charge < -0.3 is 9.84 Å². The molecule has 0 spiro atoms. The number of aliphatic hydroxyl groups is 1. The molecule has 7 nitrogen and oxygen atoms in total. The lowest BCUT2D eigenvalue weighted by atomic mass is 9.55. The molecule has 6 rings (SSSR count). The van der Waals surface area contributed by atoms with Crippen LogP contribution in [0.4, 0.5) is 5.69 Å². The van der Waals surface area contributed by atoms with Crippen LogP contribution < -0.4 is 4.74 Å². The second kappa shape index (κ2) is 11.9. The Hall–Kier alpha value is -3.07. The number of allylic oxidation sites excluding steroid dienone is 3. The maximum Gasteiger partial charge on any atom is 0.343 e. The van der Waals surface area contributed by atoms with Crippen LogP contribution in [0.1, 0.15) is 98.7 Å². The van der Waals surface area contributed by atoms with E-state index in [0.717, 1.165) is 55.5 Å². The second-order valence-corrected chi connectivity index (χ2v) is 15.9. The topological polar surface area (TPSA) is 104 Å². The molecular weight excluding hydrogens is 586 g/mol. The molecule has 0 radical (unpaired) electrons. The quantitative estimate of drug-likeness (QED) is 0.0778. The average molecular weight is 633 g/mol. The highest BCUT2D eigenvalue weighted by Crippen LogP contribution is 2.61. The minimum atomic E-state index is -4.00. The largest absolute Gasteiger partial charge is 0.423 e. The fraction of sp³-hybridized carbons (Fsp3) is 0.514. The molecule has 4 aliphatic rings. The number of hydrogen-bond acceptors (Lipinski definition) is 5. The number of benzene rings is 2. The molecule has 0 saturated heterocycles. The summed E-state index contributed by atoms with van der Waals surface area (Å²) in [6.07, 6.45) is 12.6. The van der Waals surface area contributed by atoms with Gasteiger partial charge in [0.05, 0.1) is 22.8 Å². The first-order valence-electron chi connectivity index (χ1n) is 16.4. The molecule has 8 heteroatoms. The van der Waals surface area contributed by atoms with Gasteiger partial charge in [-0.1, -0.05) is 31.7 Å². The number of unbranched alkanes of at least 4 members (excludes halogenated alkanes) is 1. The lowest BCUT2D eigenvalue weighted by Crippen LogP contribution is -2.43. The zero-order chi connectivity index (χ0) is 32.1. The first-order valence-corrected chi connectivity index (χ1v) is 18.0. The number of carbonyl (C=O) groups is 1. The van der Waals surface area contributed by atoms with E-state index in [1.165, 1.54) is 11.1 Å². The summed E-state index contributed by atoms with van der Waals surface area (Å²) in [6.45, 7) is 10.9. The molecule has 3 unspecified atom stereocenters. The van der Waals surface area contributed by atoms with Gasteiger partial charge in [0.25, 0.3) is 10.1 Å². The van der Waals surface area contributed by atoms with Gasteiger partial charge in [-0.2, -0.15) is 13.0 Å². The summed E-state index contributed by atoms with van der Waals surface area (Å²) in [7, 11) is -4.00. The van der Waals surface area contributed by atoms with E-state index in [-0.39, 0.29) is 17.3 Å². The number of fused-ring (bicyclic) bond motifs is 6. The van der Waals surface area contributed by atoms with Gasteiger partial charge in [0.2, 0.25) is 5.69 Å². The zero-order valence-electron chi connectivity index (χ0n) is 26.7. The van der Waals surface area contributed by atoms with Crippen LogP contribution in [0.5, 0.6) is 5.75 Å². The summed E-state index contributed by atoms with van der Waals surface area (Å²) in [4.78, 5) is 13.5. The predicted octanol–water partition coefficient (Wildman–Crippen LogP) is 6.91. The number of aryl methyl sites for hydroxylation is 1. The summed E-state index contributed by atoms with van der Waals surface area (Å²) in [5.41, 5.74) is 5.77. The molecule has 5 atom stereocenters. The Morgan fingerprint density at radius 1 is 1.09 bits per heavy atom. The summed E-state index contributed by atoms with van der Waals surface area (Å²) >= 11 is 0. The van der Waals surface area contributed by atoms with Gasteiger partial charge in [-0.3, -0.25) is 4.55 Å². The molecule has 3 aliphatic carbocycles. The van der Waals surface area contributed by atoms with E-state index < -0.39 is 21.5 Å². The van der Waals surface area contributed by atoms with Crippen LogP contribution in [0.15, 0.2) is 61.2 Å². The maximum atomic E-state index is 13.5. The van der Waals surface area contributed by atoms with E-state index in [4.69, 9.17) is 9.29 Å². The van der Waals surface area contributed by atoms with Crippen LogP contribution in [0, 0.1) is 17.3 Å². The van der Waals surface area contributed by atoms with E-state index in [9.17, 15) is 18.3 Å². The third-order valence-corrected chi connectivity index (χ3v) is 12.2. The van der Waals surface area contributed by atoms with Gasteiger partial charge in [0.15, 0.2) is 5.71 Å². The first kappa shape index (κ1) is 31.9. The van der Waals surface area contributed by atoms with Crippen molar-refractivity contribution in [3.8, 4) is 5.75 Å². The first-order chi connectivity index (χ1) is 21.3. The molecule has 2 saturated carbocycles. The third kappa shape index (κ3) is 5.85. The Kier molecular flexibility index (Phi) is 8.46. The second-order valence-electron chi connectivity index (χ2n) is 14.3. The van der Waals surface area contributed by atoms with Crippen molar-refractivity contribution in [3.63, 3.8) is 0 Å². The van der Waals surface area contributed by atoms with E-state index in [1.54, 1.807) is 12.1 Å². The number of ether oxygens (including phenoxy) is 1. The Labute approximate surface area is 267 Å². The van der Waals surface area contributed by atoms with Crippen molar-refractivity contribution in [2.45, 2.75) is 89.6 Å². The fourth-order valence-corrected chi connectivity index (χ4v) is 9.59.